The van der Waals surface area contributed by atoms with Gasteiger partial charge in [0, 0.05) is 12.1 Å². The van der Waals surface area contributed by atoms with Crippen molar-refractivity contribution in [3.63, 3.8) is 0 Å². The second-order valence-electron chi connectivity index (χ2n) is 6.38. The Labute approximate surface area is 138 Å². The highest BCUT2D eigenvalue weighted by atomic mass is 32.2. The number of nitrogens with one attached hydrogen (secondary N) is 1. The molecule has 0 saturated heterocycles. The fraction of sp³-hybridized carbons (Fsp3) is 0.647. The van der Waals surface area contributed by atoms with E-state index in [0.29, 0.717) is 36.5 Å². The molecule has 3 atom stereocenters. The molecule has 0 radical (unpaired) electrons. The zero-order valence-electron chi connectivity index (χ0n) is 13.7. The normalized spacial score (nSPS) is 26.4. The summed E-state index contributed by atoms with van der Waals surface area (Å²) in [6.07, 6.45) is 4.53. The second kappa shape index (κ2) is 6.69. The van der Waals surface area contributed by atoms with Crippen LogP contribution in [0.5, 0.6) is 11.5 Å². The van der Waals surface area contributed by atoms with Crippen molar-refractivity contribution in [3.8, 4) is 11.5 Å². The maximum Gasteiger partial charge on any atom is 0.240 e. The molecule has 0 spiro atoms. The van der Waals surface area contributed by atoms with E-state index in [4.69, 9.17) is 9.47 Å². The van der Waals surface area contributed by atoms with Gasteiger partial charge in [0.2, 0.25) is 10.0 Å². The molecule has 0 aromatic heterocycles. The van der Waals surface area contributed by atoms with Gasteiger partial charge in [-0.3, -0.25) is 0 Å². The molecule has 2 bridgehead atoms. The lowest BCUT2D eigenvalue weighted by Gasteiger charge is -2.23. The molecule has 1 aromatic rings. The molecule has 1 aromatic carbocycles. The van der Waals surface area contributed by atoms with Crippen molar-refractivity contribution >= 4 is 10.0 Å². The van der Waals surface area contributed by atoms with Gasteiger partial charge in [-0.15, -0.1) is 0 Å². The molecule has 6 heteroatoms. The molecule has 1 N–H and O–H groups in total. The first-order valence-corrected chi connectivity index (χ1v) is 9.93. The molecule has 2 fully saturated rings. The smallest absolute Gasteiger partial charge is 0.240 e. The molecule has 2 aliphatic carbocycles. The zero-order valence-corrected chi connectivity index (χ0v) is 14.6. The highest BCUT2D eigenvalue weighted by Crippen LogP contribution is 2.45. The van der Waals surface area contributed by atoms with Crippen LogP contribution in [0.2, 0.25) is 0 Å². The highest BCUT2D eigenvalue weighted by Gasteiger charge is 2.41. The van der Waals surface area contributed by atoms with Crippen LogP contribution < -0.4 is 14.2 Å². The Kier molecular flexibility index (Phi) is 4.82. The number of fused-ring (bicyclic) bond motifs is 2. The fourth-order valence-corrected chi connectivity index (χ4v) is 5.19. The van der Waals surface area contributed by atoms with Gasteiger partial charge in [-0.2, -0.15) is 0 Å². The molecule has 0 heterocycles. The number of ether oxygens (including phenoxy) is 2. The van der Waals surface area contributed by atoms with Crippen LogP contribution in [-0.2, 0) is 10.0 Å². The molecule has 0 unspecified atom stereocenters. The first kappa shape index (κ1) is 16.6. The number of hydrogen-bond donors (Lipinski definition) is 1. The number of benzene rings is 1. The Morgan fingerprint density at radius 1 is 1.09 bits per heavy atom. The Hall–Kier alpha value is -1.27. The van der Waals surface area contributed by atoms with Crippen molar-refractivity contribution in [1.82, 2.24) is 4.72 Å². The van der Waals surface area contributed by atoms with Crippen molar-refractivity contribution in [2.75, 3.05) is 13.2 Å². The molecule has 5 nitrogen and oxygen atoms in total. The lowest BCUT2D eigenvalue weighted by molar-refractivity contribution is 0.287. The van der Waals surface area contributed by atoms with E-state index in [-0.39, 0.29) is 10.9 Å². The van der Waals surface area contributed by atoms with Crippen LogP contribution in [0.15, 0.2) is 23.1 Å². The first-order chi connectivity index (χ1) is 11.0. The van der Waals surface area contributed by atoms with E-state index < -0.39 is 10.0 Å². The summed E-state index contributed by atoms with van der Waals surface area (Å²) in [5, 5.41) is 0. The van der Waals surface area contributed by atoms with Gasteiger partial charge in [0.1, 0.15) is 0 Å². The molecular formula is C17H25NO4S. The topological polar surface area (TPSA) is 64.6 Å². The van der Waals surface area contributed by atoms with Gasteiger partial charge in [0.15, 0.2) is 11.5 Å². The molecule has 23 heavy (non-hydrogen) atoms. The summed E-state index contributed by atoms with van der Waals surface area (Å²) < 4.78 is 39.3. The minimum absolute atomic E-state index is 0.0841. The molecule has 0 aliphatic heterocycles. The van der Waals surface area contributed by atoms with E-state index in [1.54, 1.807) is 18.2 Å². The zero-order chi connectivity index (χ0) is 16.4. The standard InChI is InChI=1S/C17H25NO4S/c1-3-21-16-8-7-14(11-17(16)22-4-2)23(19,20)18-15-10-12-5-6-13(15)9-12/h7-8,11-13,15,18H,3-6,9-10H2,1-2H3/t12-,13-,15+/m0/s1. The summed E-state index contributed by atoms with van der Waals surface area (Å²) in [4.78, 5) is 0.243. The maximum absolute atomic E-state index is 12.7. The lowest BCUT2D eigenvalue weighted by atomic mass is 9.96. The molecule has 0 amide bonds. The van der Waals surface area contributed by atoms with E-state index in [9.17, 15) is 8.42 Å². The SMILES string of the molecule is CCOc1ccc(S(=O)(=O)N[C@@H]2C[C@H]3CC[C@H]2C3)cc1OCC. The van der Waals surface area contributed by atoms with Gasteiger partial charge in [0.05, 0.1) is 18.1 Å². The van der Waals surface area contributed by atoms with E-state index in [1.165, 1.54) is 12.8 Å². The summed E-state index contributed by atoms with van der Waals surface area (Å²) in [6, 6.07) is 4.90. The van der Waals surface area contributed by atoms with Crippen molar-refractivity contribution < 1.29 is 17.9 Å². The average molecular weight is 339 g/mol. The highest BCUT2D eigenvalue weighted by molar-refractivity contribution is 7.89. The van der Waals surface area contributed by atoms with Crippen molar-refractivity contribution in [2.45, 2.75) is 50.5 Å². The van der Waals surface area contributed by atoms with Crippen molar-refractivity contribution in [3.05, 3.63) is 18.2 Å². The Morgan fingerprint density at radius 2 is 1.83 bits per heavy atom. The Bertz CT molecular complexity index is 659. The number of sulfonamides is 1. The minimum atomic E-state index is -3.52. The summed E-state index contributed by atoms with van der Waals surface area (Å²) in [5.41, 5.74) is 0. The Morgan fingerprint density at radius 3 is 2.43 bits per heavy atom. The predicted molar refractivity (Wildman–Crippen MR) is 88.3 cm³/mol. The van der Waals surface area contributed by atoms with E-state index in [2.05, 4.69) is 4.72 Å². The summed E-state index contributed by atoms with van der Waals surface area (Å²) in [7, 11) is -3.52. The monoisotopic (exact) mass is 339 g/mol. The first-order valence-electron chi connectivity index (χ1n) is 8.45. The molecule has 3 rings (SSSR count). The van der Waals surface area contributed by atoms with E-state index in [1.807, 2.05) is 13.8 Å². The number of hydrogen-bond acceptors (Lipinski definition) is 4. The molecule has 128 valence electrons. The van der Waals surface area contributed by atoms with Gasteiger partial charge < -0.3 is 9.47 Å². The lowest BCUT2D eigenvalue weighted by Crippen LogP contribution is -2.38. The molecule has 2 saturated carbocycles. The van der Waals surface area contributed by atoms with Crippen LogP contribution in [0.4, 0.5) is 0 Å². The van der Waals surface area contributed by atoms with Crippen molar-refractivity contribution in [2.24, 2.45) is 11.8 Å². The predicted octanol–water partition coefficient (Wildman–Crippen LogP) is 2.95. The van der Waals surface area contributed by atoms with E-state index >= 15 is 0 Å². The minimum Gasteiger partial charge on any atom is -0.490 e. The van der Waals surface area contributed by atoms with Crippen LogP contribution in [0, 0.1) is 11.8 Å². The third-order valence-corrected chi connectivity index (χ3v) is 6.36. The summed E-state index contributed by atoms with van der Waals surface area (Å²) >= 11 is 0. The quantitative estimate of drug-likeness (QED) is 0.829. The van der Waals surface area contributed by atoms with Gasteiger partial charge in [0.25, 0.3) is 0 Å². The largest absolute Gasteiger partial charge is 0.490 e. The van der Waals surface area contributed by atoms with Crippen LogP contribution in [0.25, 0.3) is 0 Å². The molecular weight excluding hydrogens is 314 g/mol. The maximum atomic E-state index is 12.7. The van der Waals surface area contributed by atoms with Crippen LogP contribution in [-0.4, -0.2) is 27.7 Å². The number of rotatable bonds is 7. The van der Waals surface area contributed by atoms with Crippen LogP contribution >= 0.6 is 0 Å². The average Bonchev–Trinajstić information content (AvgIpc) is 3.11. The molecule has 2 aliphatic rings. The van der Waals surface area contributed by atoms with Crippen molar-refractivity contribution in [1.29, 1.82) is 0 Å². The fourth-order valence-electron chi connectivity index (χ4n) is 3.85. The van der Waals surface area contributed by atoms with Gasteiger partial charge in [-0.25, -0.2) is 13.1 Å². The summed E-state index contributed by atoms with van der Waals surface area (Å²) in [6.45, 7) is 4.72. The third kappa shape index (κ3) is 3.48. The summed E-state index contributed by atoms with van der Waals surface area (Å²) in [5.74, 6) is 2.26. The van der Waals surface area contributed by atoms with Crippen LogP contribution in [0.1, 0.15) is 39.5 Å². The Balaban J connectivity index is 1.80. The van der Waals surface area contributed by atoms with Gasteiger partial charge in [-0.05, 0) is 57.1 Å². The van der Waals surface area contributed by atoms with E-state index in [0.717, 1.165) is 12.8 Å². The van der Waals surface area contributed by atoms with Gasteiger partial charge >= 0.3 is 0 Å². The van der Waals surface area contributed by atoms with Crippen LogP contribution in [0.3, 0.4) is 0 Å². The second-order valence-corrected chi connectivity index (χ2v) is 8.09. The van der Waals surface area contributed by atoms with Gasteiger partial charge in [-0.1, -0.05) is 6.42 Å². The third-order valence-electron chi connectivity index (χ3n) is 4.87.